The van der Waals surface area contributed by atoms with E-state index in [1.54, 1.807) is 48.9 Å². The van der Waals surface area contributed by atoms with Crippen LogP contribution in [0.5, 0.6) is 23.1 Å². The minimum Gasteiger partial charge on any atom is -0.493 e. The van der Waals surface area contributed by atoms with E-state index in [2.05, 4.69) is 44.0 Å². The minimum atomic E-state index is -0.273. The maximum absolute atomic E-state index is 13.1. The van der Waals surface area contributed by atoms with Gasteiger partial charge in [0, 0.05) is 74.9 Å². The van der Waals surface area contributed by atoms with Crippen LogP contribution in [0.25, 0.3) is 5.70 Å². The zero-order valence-corrected chi connectivity index (χ0v) is 28.6. The molecule has 8 nitrogen and oxygen atoms in total. The Morgan fingerprint density at radius 3 is 2.32 bits per heavy atom. The van der Waals surface area contributed by atoms with Gasteiger partial charge in [-0.2, -0.15) is 0 Å². The van der Waals surface area contributed by atoms with Gasteiger partial charge in [0.15, 0.2) is 5.75 Å². The van der Waals surface area contributed by atoms with E-state index in [4.69, 9.17) is 25.8 Å². The van der Waals surface area contributed by atoms with Crippen molar-refractivity contribution in [3.63, 3.8) is 0 Å². The van der Waals surface area contributed by atoms with Gasteiger partial charge in [-0.3, -0.25) is 14.7 Å². The van der Waals surface area contributed by atoms with Gasteiger partial charge in [-0.25, -0.2) is 9.37 Å². The molecule has 6 rings (SSSR count). The van der Waals surface area contributed by atoms with Crippen molar-refractivity contribution in [3.8, 4) is 23.1 Å². The highest BCUT2D eigenvalue weighted by Crippen LogP contribution is 2.36. The molecule has 0 spiro atoms. The molecule has 1 aliphatic heterocycles. The van der Waals surface area contributed by atoms with E-state index in [1.807, 2.05) is 31.2 Å². The van der Waals surface area contributed by atoms with Crippen LogP contribution in [-0.2, 0) is 24.4 Å². The standard InChI is InChI=1S/C40H38ClFN4O4/c1-29-23-33(24-37(41)40(29)50-39-13-12-36(26-44-39)49-28-32-3-2-16-43-25-32)38(14-21-47)46-19-17-45(18-20-46)27-31-6-4-30(5-7-31)15-22-48-35-10-8-34(42)9-11-35/h2-14,16,21,23-26H,15,17-20,22,27-28H2,1H3/b38-14+. The van der Waals surface area contributed by atoms with Crippen molar-refractivity contribution >= 4 is 23.6 Å². The number of rotatable bonds is 14. The number of pyridine rings is 2. The number of ether oxygens (including phenoxy) is 3. The predicted octanol–water partition coefficient (Wildman–Crippen LogP) is 7.93. The highest BCUT2D eigenvalue weighted by Gasteiger charge is 2.22. The van der Waals surface area contributed by atoms with Gasteiger partial charge >= 0.3 is 0 Å². The molecule has 0 N–H and O–H groups in total. The summed E-state index contributed by atoms with van der Waals surface area (Å²) in [6, 6.07) is 25.8. The number of aldehydes is 1. The third-order valence-electron chi connectivity index (χ3n) is 8.41. The van der Waals surface area contributed by atoms with Crippen LogP contribution < -0.4 is 14.2 Å². The molecule has 0 bridgehead atoms. The molecule has 0 amide bonds. The molecule has 0 atom stereocenters. The van der Waals surface area contributed by atoms with Gasteiger partial charge in [0.05, 0.1) is 17.8 Å². The summed E-state index contributed by atoms with van der Waals surface area (Å²) in [6.07, 6.45) is 8.29. The van der Waals surface area contributed by atoms with Crippen molar-refractivity contribution < 1.29 is 23.4 Å². The van der Waals surface area contributed by atoms with Crippen molar-refractivity contribution in [1.29, 1.82) is 0 Å². The van der Waals surface area contributed by atoms with Crippen molar-refractivity contribution in [2.24, 2.45) is 0 Å². The van der Waals surface area contributed by atoms with Gasteiger partial charge in [-0.15, -0.1) is 0 Å². The first kappa shape index (κ1) is 34.6. The minimum absolute atomic E-state index is 0.273. The fourth-order valence-corrected chi connectivity index (χ4v) is 6.06. The maximum Gasteiger partial charge on any atom is 0.219 e. The third kappa shape index (κ3) is 9.46. The Morgan fingerprint density at radius 2 is 1.64 bits per heavy atom. The number of nitrogens with zero attached hydrogens (tertiary/aromatic N) is 4. The maximum atomic E-state index is 13.1. The molecule has 10 heteroatoms. The molecule has 1 saturated heterocycles. The zero-order chi connectivity index (χ0) is 34.7. The molecule has 0 unspecified atom stereocenters. The molecular weight excluding hydrogens is 655 g/mol. The van der Waals surface area contributed by atoms with Crippen LogP contribution in [-0.4, -0.2) is 58.8 Å². The quantitative estimate of drug-likeness (QED) is 0.0858. The Labute approximate surface area is 296 Å². The average Bonchev–Trinajstić information content (AvgIpc) is 3.14. The predicted molar refractivity (Wildman–Crippen MR) is 192 cm³/mol. The van der Waals surface area contributed by atoms with E-state index in [0.717, 1.165) is 67.8 Å². The number of allylic oxidation sites excluding steroid dienone is 1. The molecule has 0 radical (unpaired) electrons. The smallest absolute Gasteiger partial charge is 0.219 e. The summed E-state index contributed by atoms with van der Waals surface area (Å²) in [4.78, 5) is 24.9. The Bertz CT molecular complexity index is 1860. The molecular formula is C40H38ClFN4O4. The largest absolute Gasteiger partial charge is 0.493 e. The second-order valence-corrected chi connectivity index (χ2v) is 12.4. The lowest BCUT2D eigenvalue weighted by atomic mass is 10.1. The number of carbonyl (C=O) groups is 1. The van der Waals surface area contributed by atoms with Crippen LogP contribution in [0.3, 0.4) is 0 Å². The SMILES string of the molecule is Cc1cc(/C(=C\C=O)N2CCN(Cc3ccc(CCOc4ccc(F)cc4)cc3)CC2)cc(Cl)c1Oc1ccc(OCc2cccnc2)cn1. The lowest BCUT2D eigenvalue weighted by Crippen LogP contribution is -2.45. The van der Waals surface area contributed by atoms with Crippen LogP contribution in [0.15, 0.2) is 110 Å². The van der Waals surface area contributed by atoms with E-state index >= 15 is 0 Å². The molecule has 0 aliphatic carbocycles. The van der Waals surface area contributed by atoms with E-state index in [0.29, 0.717) is 41.4 Å². The first-order valence-electron chi connectivity index (χ1n) is 16.5. The summed E-state index contributed by atoms with van der Waals surface area (Å²) in [7, 11) is 0. The summed E-state index contributed by atoms with van der Waals surface area (Å²) >= 11 is 6.76. The number of hydrogen-bond acceptors (Lipinski definition) is 8. The Hall–Kier alpha value is -5.25. The summed E-state index contributed by atoms with van der Waals surface area (Å²) in [5.41, 5.74) is 5.90. The van der Waals surface area contributed by atoms with Crippen molar-refractivity contribution in [2.75, 3.05) is 32.8 Å². The molecule has 5 aromatic rings. The zero-order valence-electron chi connectivity index (χ0n) is 27.8. The number of carbonyl (C=O) groups excluding carboxylic acids is 1. The molecule has 3 aromatic carbocycles. The summed E-state index contributed by atoms with van der Waals surface area (Å²) in [6.45, 7) is 6.93. The second kappa shape index (κ2) is 16.9. The van der Waals surface area contributed by atoms with Crippen LogP contribution in [0.1, 0.15) is 27.8 Å². The van der Waals surface area contributed by atoms with Gasteiger partial charge in [0.2, 0.25) is 5.88 Å². The molecule has 256 valence electrons. The van der Waals surface area contributed by atoms with Crippen molar-refractivity contribution in [3.05, 3.63) is 148 Å². The van der Waals surface area contributed by atoms with Crippen LogP contribution >= 0.6 is 11.6 Å². The van der Waals surface area contributed by atoms with E-state index in [9.17, 15) is 9.18 Å². The highest BCUT2D eigenvalue weighted by atomic mass is 35.5. The molecule has 1 fully saturated rings. The monoisotopic (exact) mass is 692 g/mol. The molecule has 0 saturated carbocycles. The number of hydrogen-bond donors (Lipinski definition) is 0. The molecule has 2 aromatic heterocycles. The molecule has 1 aliphatic rings. The number of benzene rings is 3. The molecule has 50 heavy (non-hydrogen) atoms. The Balaban J connectivity index is 1.00. The lowest BCUT2D eigenvalue weighted by Gasteiger charge is -2.37. The van der Waals surface area contributed by atoms with Crippen LogP contribution in [0, 0.1) is 12.7 Å². The van der Waals surface area contributed by atoms with Crippen molar-refractivity contribution in [2.45, 2.75) is 26.5 Å². The summed E-state index contributed by atoms with van der Waals surface area (Å²) in [5.74, 6) is 1.90. The number of halogens is 2. The van der Waals surface area contributed by atoms with Gasteiger partial charge in [0.1, 0.15) is 30.2 Å². The number of aryl methyl sites for hydroxylation is 1. The normalized spacial score (nSPS) is 13.6. The average molecular weight is 693 g/mol. The first-order valence-corrected chi connectivity index (χ1v) is 16.9. The highest BCUT2D eigenvalue weighted by molar-refractivity contribution is 6.32. The number of aromatic nitrogens is 2. The van der Waals surface area contributed by atoms with E-state index in [1.165, 1.54) is 23.3 Å². The third-order valence-corrected chi connectivity index (χ3v) is 8.69. The second-order valence-electron chi connectivity index (χ2n) is 12.0. The van der Waals surface area contributed by atoms with Gasteiger partial charge in [-0.05, 0) is 77.7 Å². The lowest BCUT2D eigenvalue weighted by molar-refractivity contribution is -0.104. The summed E-state index contributed by atoms with van der Waals surface area (Å²) in [5, 5.41) is 0.430. The molecule has 3 heterocycles. The van der Waals surface area contributed by atoms with E-state index in [-0.39, 0.29) is 5.82 Å². The van der Waals surface area contributed by atoms with Gasteiger partial charge < -0.3 is 19.1 Å². The summed E-state index contributed by atoms with van der Waals surface area (Å²) < 4.78 is 30.7. The van der Waals surface area contributed by atoms with Crippen LogP contribution in [0.2, 0.25) is 5.02 Å². The fraction of sp³-hybridized carbons (Fsp3) is 0.225. The van der Waals surface area contributed by atoms with Gasteiger partial charge in [-0.1, -0.05) is 41.9 Å². The van der Waals surface area contributed by atoms with E-state index < -0.39 is 0 Å². The topological polar surface area (TPSA) is 77.0 Å². The van der Waals surface area contributed by atoms with Crippen molar-refractivity contribution in [1.82, 2.24) is 19.8 Å². The van der Waals surface area contributed by atoms with Gasteiger partial charge in [0.25, 0.3) is 0 Å². The van der Waals surface area contributed by atoms with Crippen LogP contribution in [0.4, 0.5) is 4.39 Å². The number of piperazine rings is 1. The Kier molecular flexibility index (Phi) is 11.7. The first-order chi connectivity index (χ1) is 24.4. The Morgan fingerprint density at radius 1 is 0.880 bits per heavy atom. The fourth-order valence-electron chi connectivity index (χ4n) is 5.76.